The molecule has 0 bridgehead atoms. The summed E-state index contributed by atoms with van der Waals surface area (Å²) >= 11 is 0. The summed E-state index contributed by atoms with van der Waals surface area (Å²) in [4.78, 5) is 16.5. The highest BCUT2D eigenvalue weighted by Crippen LogP contribution is 2.32. The van der Waals surface area contributed by atoms with E-state index in [1.54, 1.807) is 0 Å². The van der Waals surface area contributed by atoms with Crippen molar-refractivity contribution in [3.63, 3.8) is 0 Å². The van der Waals surface area contributed by atoms with E-state index in [1.807, 2.05) is 4.90 Å². The summed E-state index contributed by atoms with van der Waals surface area (Å²) in [6.45, 7) is 15.3. The number of ether oxygens (including phenoxy) is 1. The number of unbranched alkanes of at least 4 members (excludes halogenated alkanes) is 1. The summed E-state index contributed by atoms with van der Waals surface area (Å²) in [5, 5.41) is 3.75. The molecule has 134 valence electrons. The topological polar surface area (TPSA) is 44.8 Å². The van der Waals surface area contributed by atoms with Gasteiger partial charge in [0.1, 0.15) is 0 Å². The van der Waals surface area contributed by atoms with Crippen LogP contribution in [0.15, 0.2) is 0 Å². The van der Waals surface area contributed by atoms with Gasteiger partial charge in [0.25, 0.3) is 0 Å². The first kappa shape index (κ1) is 18.5. The molecule has 0 aromatic heterocycles. The molecule has 2 fully saturated rings. The molecule has 5 nitrogen and oxygen atoms in total. The Hall–Kier alpha value is -0.810. The lowest BCUT2D eigenvalue weighted by Gasteiger charge is -2.51. The van der Waals surface area contributed by atoms with Gasteiger partial charge < -0.3 is 15.0 Å². The highest BCUT2D eigenvalue weighted by molar-refractivity contribution is 5.67. The summed E-state index contributed by atoms with van der Waals surface area (Å²) in [5.74, 6) is 0. The molecule has 2 aliphatic rings. The minimum absolute atomic E-state index is 0.135. The van der Waals surface area contributed by atoms with Crippen LogP contribution < -0.4 is 5.32 Å². The monoisotopic (exact) mass is 325 g/mol. The Balaban J connectivity index is 1.83. The lowest BCUT2D eigenvalue weighted by molar-refractivity contribution is 0.0264. The summed E-state index contributed by atoms with van der Waals surface area (Å²) in [6, 6.07) is 0.597. The summed E-state index contributed by atoms with van der Waals surface area (Å²) < 4.78 is 5.33. The molecule has 0 aliphatic carbocycles. The highest BCUT2D eigenvalue weighted by atomic mass is 16.6. The number of nitrogens with one attached hydrogen (secondary N) is 1. The van der Waals surface area contributed by atoms with Gasteiger partial charge in [-0.1, -0.05) is 13.3 Å². The average Bonchev–Trinajstić information content (AvgIpc) is 2.44. The van der Waals surface area contributed by atoms with Crippen molar-refractivity contribution in [2.24, 2.45) is 0 Å². The van der Waals surface area contributed by atoms with Crippen LogP contribution in [0.4, 0.5) is 4.79 Å². The third-order valence-corrected chi connectivity index (χ3v) is 4.98. The number of nitrogens with zero attached hydrogens (tertiary/aromatic N) is 2. The summed E-state index contributed by atoms with van der Waals surface area (Å²) in [5.41, 5.74) is 0.339. The molecule has 2 saturated heterocycles. The van der Waals surface area contributed by atoms with Crippen LogP contribution in [0.2, 0.25) is 0 Å². The van der Waals surface area contributed by atoms with Crippen molar-refractivity contribution in [1.29, 1.82) is 0 Å². The molecule has 0 saturated carbocycles. The first-order valence-corrected chi connectivity index (χ1v) is 9.17. The Morgan fingerprint density at radius 2 is 1.65 bits per heavy atom. The fraction of sp³-hybridized carbons (Fsp3) is 0.944. The number of amides is 1. The molecule has 5 heteroatoms. The maximum Gasteiger partial charge on any atom is 0.409 e. The van der Waals surface area contributed by atoms with Crippen LogP contribution in [0.3, 0.4) is 0 Å². The van der Waals surface area contributed by atoms with Gasteiger partial charge in [0.15, 0.2) is 0 Å². The standard InChI is InChI=1S/C18H35N3O2/c1-6-7-12-23-16(22)21-10-8-20(9-11-21)15-13-17(2,3)19-18(4,5)14-15/h15,19H,6-14H2,1-5H3. The molecule has 0 spiro atoms. The largest absolute Gasteiger partial charge is 0.449 e. The van der Waals surface area contributed by atoms with E-state index in [0.717, 1.165) is 51.9 Å². The quantitative estimate of drug-likeness (QED) is 0.807. The Kier molecular flexibility index (Phi) is 5.95. The maximum atomic E-state index is 12.0. The van der Waals surface area contributed by atoms with E-state index in [9.17, 15) is 4.79 Å². The van der Waals surface area contributed by atoms with E-state index in [2.05, 4.69) is 44.8 Å². The number of piperazine rings is 1. The molecule has 1 amide bonds. The van der Waals surface area contributed by atoms with Gasteiger partial charge in [-0.2, -0.15) is 0 Å². The molecule has 2 aliphatic heterocycles. The Bertz CT molecular complexity index is 385. The molecule has 0 radical (unpaired) electrons. The third kappa shape index (κ3) is 5.35. The minimum atomic E-state index is -0.135. The van der Waals surface area contributed by atoms with Crippen molar-refractivity contribution in [2.45, 2.75) is 77.4 Å². The Labute approximate surface area is 141 Å². The van der Waals surface area contributed by atoms with Gasteiger partial charge in [-0.15, -0.1) is 0 Å². The number of carbonyl (C=O) groups excluding carboxylic acids is 1. The van der Waals surface area contributed by atoms with Crippen molar-refractivity contribution in [3.05, 3.63) is 0 Å². The van der Waals surface area contributed by atoms with Crippen LogP contribution >= 0.6 is 0 Å². The molecule has 0 aromatic rings. The zero-order valence-corrected chi connectivity index (χ0v) is 15.7. The number of hydrogen-bond acceptors (Lipinski definition) is 4. The van der Waals surface area contributed by atoms with Gasteiger partial charge >= 0.3 is 6.09 Å². The van der Waals surface area contributed by atoms with Gasteiger partial charge in [-0.05, 0) is 47.0 Å². The number of piperidine rings is 1. The third-order valence-electron chi connectivity index (χ3n) is 4.98. The molecule has 0 atom stereocenters. The SMILES string of the molecule is CCCCOC(=O)N1CCN(C2CC(C)(C)NC(C)(C)C2)CC1. The lowest BCUT2D eigenvalue weighted by Crippen LogP contribution is -2.64. The number of hydrogen-bond donors (Lipinski definition) is 1. The van der Waals surface area contributed by atoms with E-state index in [-0.39, 0.29) is 17.2 Å². The molecule has 2 rings (SSSR count). The second-order valence-corrected chi connectivity index (χ2v) is 8.45. The molecule has 1 N–H and O–H groups in total. The van der Waals surface area contributed by atoms with Gasteiger partial charge in [0.05, 0.1) is 6.61 Å². The van der Waals surface area contributed by atoms with Crippen LogP contribution in [-0.4, -0.2) is 65.8 Å². The van der Waals surface area contributed by atoms with Crippen LogP contribution in [0.25, 0.3) is 0 Å². The summed E-state index contributed by atoms with van der Waals surface area (Å²) in [6.07, 6.45) is 4.20. The van der Waals surface area contributed by atoms with E-state index in [1.165, 1.54) is 0 Å². The lowest BCUT2D eigenvalue weighted by atomic mass is 9.79. The molecule has 0 unspecified atom stereocenters. The Morgan fingerprint density at radius 1 is 1.09 bits per heavy atom. The van der Waals surface area contributed by atoms with Crippen molar-refractivity contribution >= 4 is 6.09 Å². The van der Waals surface area contributed by atoms with Crippen LogP contribution in [-0.2, 0) is 4.74 Å². The zero-order chi connectivity index (χ0) is 17.1. The van der Waals surface area contributed by atoms with E-state index in [4.69, 9.17) is 4.74 Å². The van der Waals surface area contributed by atoms with Crippen LogP contribution in [0.1, 0.15) is 60.3 Å². The first-order valence-electron chi connectivity index (χ1n) is 9.17. The molecule has 23 heavy (non-hydrogen) atoms. The normalized spacial score (nSPS) is 25.3. The van der Waals surface area contributed by atoms with Crippen molar-refractivity contribution in [3.8, 4) is 0 Å². The average molecular weight is 325 g/mol. The smallest absolute Gasteiger partial charge is 0.409 e. The van der Waals surface area contributed by atoms with Crippen molar-refractivity contribution < 1.29 is 9.53 Å². The van der Waals surface area contributed by atoms with Crippen molar-refractivity contribution in [1.82, 2.24) is 15.1 Å². The van der Waals surface area contributed by atoms with Gasteiger partial charge in [-0.3, -0.25) is 4.90 Å². The molecule has 2 heterocycles. The van der Waals surface area contributed by atoms with E-state index >= 15 is 0 Å². The maximum absolute atomic E-state index is 12.0. The molecular formula is C18H35N3O2. The van der Waals surface area contributed by atoms with Gasteiger partial charge in [0.2, 0.25) is 0 Å². The van der Waals surface area contributed by atoms with Crippen LogP contribution in [0, 0.1) is 0 Å². The predicted molar refractivity (Wildman–Crippen MR) is 93.7 cm³/mol. The number of carbonyl (C=O) groups is 1. The predicted octanol–water partition coefficient (Wildman–Crippen LogP) is 2.85. The van der Waals surface area contributed by atoms with Crippen LogP contribution in [0.5, 0.6) is 0 Å². The first-order chi connectivity index (χ1) is 10.7. The highest BCUT2D eigenvalue weighted by Gasteiger charge is 2.40. The molecular weight excluding hydrogens is 290 g/mol. The summed E-state index contributed by atoms with van der Waals surface area (Å²) in [7, 11) is 0. The van der Waals surface area contributed by atoms with Crippen molar-refractivity contribution in [2.75, 3.05) is 32.8 Å². The Morgan fingerprint density at radius 3 is 2.17 bits per heavy atom. The second kappa shape index (κ2) is 7.39. The van der Waals surface area contributed by atoms with E-state index < -0.39 is 0 Å². The minimum Gasteiger partial charge on any atom is -0.449 e. The number of rotatable bonds is 4. The second-order valence-electron chi connectivity index (χ2n) is 8.45. The zero-order valence-electron chi connectivity index (χ0n) is 15.7. The molecule has 0 aromatic carbocycles. The van der Waals surface area contributed by atoms with Gasteiger partial charge in [-0.25, -0.2) is 4.79 Å². The fourth-order valence-corrected chi connectivity index (χ4v) is 4.19. The van der Waals surface area contributed by atoms with Gasteiger partial charge in [0, 0.05) is 43.3 Å². The van der Waals surface area contributed by atoms with E-state index in [0.29, 0.717) is 12.6 Å². The fourth-order valence-electron chi connectivity index (χ4n) is 4.19.